The molecule has 0 atom stereocenters. The highest BCUT2D eigenvalue weighted by Gasteiger charge is 2.03. The van der Waals surface area contributed by atoms with Crippen LogP contribution in [0.4, 0.5) is 0 Å². The Morgan fingerprint density at radius 3 is 2.56 bits per heavy atom. The molecule has 0 spiro atoms. The molecule has 0 heterocycles. The molecular formula is C19H31N3O3. The minimum absolute atomic E-state index is 0.129. The van der Waals surface area contributed by atoms with Gasteiger partial charge in [-0.05, 0) is 25.8 Å². The number of aliphatic imine (C=N–C) groups is 1. The van der Waals surface area contributed by atoms with Crippen LogP contribution in [0.3, 0.4) is 0 Å². The van der Waals surface area contributed by atoms with E-state index in [4.69, 9.17) is 4.74 Å². The Morgan fingerprint density at radius 1 is 1.08 bits per heavy atom. The molecule has 0 fully saturated rings. The van der Waals surface area contributed by atoms with Crippen LogP contribution in [0.5, 0.6) is 5.75 Å². The van der Waals surface area contributed by atoms with Crippen LogP contribution in [0, 0.1) is 0 Å². The third-order valence-electron chi connectivity index (χ3n) is 3.77. The van der Waals surface area contributed by atoms with Crippen molar-refractivity contribution >= 4 is 11.9 Å². The number of nitrogens with zero attached hydrogens (tertiary/aromatic N) is 1. The van der Waals surface area contributed by atoms with Crippen LogP contribution in [0.15, 0.2) is 29.3 Å². The van der Waals surface area contributed by atoms with Gasteiger partial charge in [-0.2, -0.15) is 0 Å². The van der Waals surface area contributed by atoms with E-state index < -0.39 is 0 Å². The number of nitrogens with one attached hydrogen (secondary N) is 2. The Morgan fingerprint density at radius 2 is 1.84 bits per heavy atom. The van der Waals surface area contributed by atoms with E-state index in [2.05, 4.69) is 20.4 Å². The second-order valence-electron chi connectivity index (χ2n) is 5.67. The van der Waals surface area contributed by atoms with E-state index in [9.17, 15) is 4.79 Å². The zero-order chi connectivity index (χ0) is 18.3. The van der Waals surface area contributed by atoms with Gasteiger partial charge >= 0.3 is 5.97 Å². The number of ether oxygens (including phenoxy) is 2. The van der Waals surface area contributed by atoms with Crippen LogP contribution in [-0.4, -0.2) is 39.2 Å². The van der Waals surface area contributed by atoms with Crippen LogP contribution in [0.25, 0.3) is 0 Å². The van der Waals surface area contributed by atoms with Gasteiger partial charge in [0.25, 0.3) is 0 Å². The fraction of sp³-hybridized carbons (Fsp3) is 0.579. The molecule has 1 aromatic carbocycles. The molecule has 0 aliphatic carbocycles. The Labute approximate surface area is 151 Å². The summed E-state index contributed by atoms with van der Waals surface area (Å²) in [7, 11) is 3.10. The average Bonchev–Trinajstić information content (AvgIpc) is 2.65. The second-order valence-corrected chi connectivity index (χ2v) is 5.67. The predicted molar refractivity (Wildman–Crippen MR) is 101 cm³/mol. The molecule has 2 N–H and O–H groups in total. The van der Waals surface area contributed by atoms with Crippen molar-refractivity contribution in [1.82, 2.24) is 10.6 Å². The summed E-state index contributed by atoms with van der Waals surface area (Å²) in [5.41, 5.74) is 1.06. The van der Waals surface area contributed by atoms with Crippen molar-refractivity contribution in [1.29, 1.82) is 0 Å². The number of hydrogen-bond donors (Lipinski definition) is 2. The van der Waals surface area contributed by atoms with Crippen molar-refractivity contribution in [3.05, 3.63) is 29.8 Å². The summed E-state index contributed by atoms with van der Waals surface area (Å²) >= 11 is 0. The molecule has 140 valence electrons. The second kappa shape index (κ2) is 13.1. The summed E-state index contributed by atoms with van der Waals surface area (Å²) < 4.78 is 9.99. The largest absolute Gasteiger partial charge is 0.496 e. The molecule has 1 aromatic rings. The molecule has 6 nitrogen and oxygen atoms in total. The summed E-state index contributed by atoms with van der Waals surface area (Å²) in [5.74, 6) is 1.53. The van der Waals surface area contributed by atoms with Gasteiger partial charge in [-0.3, -0.25) is 4.79 Å². The fourth-order valence-electron chi connectivity index (χ4n) is 2.40. The first-order valence-corrected chi connectivity index (χ1v) is 8.92. The number of hydrogen-bond acceptors (Lipinski definition) is 4. The van der Waals surface area contributed by atoms with E-state index in [0.29, 0.717) is 13.0 Å². The molecule has 0 bridgehead atoms. The Bertz CT molecular complexity index is 532. The maximum atomic E-state index is 11.0. The predicted octanol–water partition coefficient (Wildman–Crippen LogP) is 2.87. The summed E-state index contributed by atoms with van der Waals surface area (Å²) in [6.07, 6.45) is 4.55. The van der Waals surface area contributed by atoms with Crippen molar-refractivity contribution in [2.45, 2.75) is 45.6 Å². The van der Waals surface area contributed by atoms with E-state index >= 15 is 0 Å². The minimum Gasteiger partial charge on any atom is -0.496 e. The van der Waals surface area contributed by atoms with Gasteiger partial charge in [0.2, 0.25) is 0 Å². The summed E-state index contributed by atoms with van der Waals surface area (Å²) in [6.45, 7) is 4.29. The molecule has 0 unspecified atom stereocenters. The number of carbonyl (C=O) groups excluding carboxylic acids is 1. The summed E-state index contributed by atoms with van der Waals surface area (Å²) in [4.78, 5) is 15.6. The molecule has 0 aliphatic heterocycles. The molecule has 0 aliphatic rings. The highest BCUT2D eigenvalue weighted by Crippen LogP contribution is 2.17. The Balaban J connectivity index is 2.32. The average molecular weight is 349 g/mol. The highest BCUT2D eigenvalue weighted by molar-refractivity contribution is 5.79. The number of rotatable bonds is 11. The van der Waals surface area contributed by atoms with Gasteiger partial charge in [0, 0.05) is 25.1 Å². The van der Waals surface area contributed by atoms with Crippen LogP contribution >= 0.6 is 0 Å². The molecule has 1 rings (SSSR count). The maximum Gasteiger partial charge on any atom is 0.305 e. The first-order valence-electron chi connectivity index (χ1n) is 8.92. The van der Waals surface area contributed by atoms with Gasteiger partial charge in [0.05, 0.1) is 20.8 Å². The highest BCUT2D eigenvalue weighted by atomic mass is 16.5. The molecule has 0 aromatic heterocycles. The number of carbonyl (C=O) groups is 1. The summed E-state index contributed by atoms with van der Waals surface area (Å²) in [6, 6.07) is 7.91. The number of benzene rings is 1. The Hall–Kier alpha value is -2.24. The van der Waals surface area contributed by atoms with Gasteiger partial charge < -0.3 is 20.1 Å². The number of unbranched alkanes of at least 4 members (excludes halogenated alkanes) is 3. The Kier molecular flexibility index (Phi) is 10.9. The van der Waals surface area contributed by atoms with E-state index in [0.717, 1.165) is 56.0 Å². The lowest BCUT2D eigenvalue weighted by Gasteiger charge is -2.12. The van der Waals surface area contributed by atoms with Gasteiger partial charge in [0.1, 0.15) is 5.75 Å². The lowest BCUT2D eigenvalue weighted by atomic mass is 10.1. The maximum absolute atomic E-state index is 11.0. The molecule has 0 radical (unpaired) electrons. The molecule has 0 saturated heterocycles. The number of guanidine groups is 1. The lowest BCUT2D eigenvalue weighted by Crippen LogP contribution is -2.37. The van der Waals surface area contributed by atoms with Crippen molar-refractivity contribution in [2.75, 3.05) is 27.3 Å². The molecular weight excluding hydrogens is 318 g/mol. The van der Waals surface area contributed by atoms with Gasteiger partial charge in [-0.15, -0.1) is 0 Å². The first-order chi connectivity index (χ1) is 12.2. The van der Waals surface area contributed by atoms with E-state index in [1.165, 1.54) is 7.11 Å². The van der Waals surface area contributed by atoms with E-state index in [1.807, 2.05) is 31.2 Å². The lowest BCUT2D eigenvalue weighted by molar-refractivity contribution is -0.140. The zero-order valence-electron chi connectivity index (χ0n) is 15.6. The standard InChI is InChI=1S/C19H31N3O3/c1-4-20-19(21-14-10-6-5-7-13-18(23)25-3)22-15-16-11-8-9-12-17(16)24-2/h8-9,11-12H,4-7,10,13-15H2,1-3H3,(H2,20,21,22). The third-order valence-corrected chi connectivity index (χ3v) is 3.77. The third kappa shape index (κ3) is 8.98. The van der Waals surface area contributed by atoms with Crippen molar-refractivity contribution in [2.24, 2.45) is 4.99 Å². The number of esters is 1. The van der Waals surface area contributed by atoms with Crippen molar-refractivity contribution < 1.29 is 14.3 Å². The topological polar surface area (TPSA) is 72.0 Å². The molecule has 0 amide bonds. The van der Waals surface area contributed by atoms with E-state index in [1.54, 1.807) is 7.11 Å². The van der Waals surface area contributed by atoms with Gasteiger partial charge in [-0.25, -0.2) is 4.99 Å². The minimum atomic E-state index is -0.129. The van der Waals surface area contributed by atoms with Crippen LogP contribution in [0.1, 0.15) is 44.6 Å². The normalized spacial score (nSPS) is 11.1. The molecule has 25 heavy (non-hydrogen) atoms. The van der Waals surface area contributed by atoms with Crippen LogP contribution in [0.2, 0.25) is 0 Å². The molecule has 0 saturated carbocycles. The van der Waals surface area contributed by atoms with Gasteiger partial charge in [0.15, 0.2) is 5.96 Å². The zero-order valence-corrected chi connectivity index (χ0v) is 15.6. The number of para-hydroxylation sites is 1. The van der Waals surface area contributed by atoms with E-state index in [-0.39, 0.29) is 5.97 Å². The first kappa shape index (κ1) is 20.8. The van der Waals surface area contributed by atoms with Crippen LogP contribution in [-0.2, 0) is 16.1 Å². The van der Waals surface area contributed by atoms with Crippen LogP contribution < -0.4 is 15.4 Å². The SMILES string of the molecule is CCNC(=NCc1ccccc1OC)NCCCCCCC(=O)OC. The van der Waals surface area contributed by atoms with Gasteiger partial charge in [-0.1, -0.05) is 31.0 Å². The smallest absolute Gasteiger partial charge is 0.305 e. The number of methoxy groups -OCH3 is 2. The fourth-order valence-corrected chi connectivity index (χ4v) is 2.40. The summed E-state index contributed by atoms with van der Waals surface area (Å²) in [5, 5.41) is 6.60. The van der Waals surface area contributed by atoms with Crippen molar-refractivity contribution in [3.8, 4) is 5.75 Å². The van der Waals surface area contributed by atoms with Crippen molar-refractivity contribution in [3.63, 3.8) is 0 Å². The quantitative estimate of drug-likeness (QED) is 0.278. The molecule has 6 heteroatoms. The monoisotopic (exact) mass is 349 g/mol.